The first kappa shape index (κ1) is 15.7. The third-order valence-electron chi connectivity index (χ3n) is 3.46. The SMILES string of the molecule is COc1ccc(NC(=O)NCCCc2cnc3ncnn3c2)cc1. The van der Waals surface area contributed by atoms with E-state index in [2.05, 4.69) is 25.7 Å². The molecule has 0 bridgehead atoms. The number of carbonyl (C=O) groups excluding carboxylic acids is 1. The zero-order chi connectivity index (χ0) is 16.8. The maximum absolute atomic E-state index is 11.8. The van der Waals surface area contributed by atoms with Crippen LogP contribution in [0.3, 0.4) is 0 Å². The van der Waals surface area contributed by atoms with E-state index in [0.717, 1.165) is 24.2 Å². The number of methoxy groups -OCH3 is 1. The van der Waals surface area contributed by atoms with Crippen molar-refractivity contribution in [1.82, 2.24) is 24.9 Å². The molecule has 0 saturated carbocycles. The Balaban J connectivity index is 1.41. The van der Waals surface area contributed by atoms with Gasteiger partial charge in [0.15, 0.2) is 0 Å². The number of urea groups is 1. The van der Waals surface area contributed by atoms with Crippen LogP contribution in [0.5, 0.6) is 5.75 Å². The minimum absolute atomic E-state index is 0.231. The van der Waals surface area contributed by atoms with Gasteiger partial charge in [0.25, 0.3) is 5.78 Å². The molecular formula is C16H18N6O2. The second-order valence-corrected chi connectivity index (χ2v) is 5.18. The molecule has 0 spiro atoms. The van der Waals surface area contributed by atoms with E-state index in [9.17, 15) is 4.79 Å². The average Bonchev–Trinajstić information content (AvgIpc) is 3.07. The minimum Gasteiger partial charge on any atom is -0.497 e. The number of fused-ring (bicyclic) bond motifs is 1. The molecule has 0 saturated heterocycles. The van der Waals surface area contributed by atoms with Crippen molar-refractivity contribution in [3.05, 3.63) is 48.5 Å². The van der Waals surface area contributed by atoms with Gasteiger partial charge in [-0.2, -0.15) is 10.1 Å². The van der Waals surface area contributed by atoms with E-state index in [-0.39, 0.29) is 6.03 Å². The summed E-state index contributed by atoms with van der Waals surface area (Å²) in [5.74, 6) is 1.33. The molecule has 0 radical (unpaired) electrons. The number of hydrogen-bond acceptors (Lipinski definition) is 5. The van der Waals surface area contributed by atoms with Crippen LogP contribution < -0.4 is 15.4 Å². The fraction of sp³-hybridized carbons (Fsp3) is 0.250. The smallest absolute Gasteiger partial charge is 0.319 e. The normalized spacial score (nSPS) is 10.5. The maximum Gasteiger partial charge on any atom is 0.319 e. The predicted molar refractivity (Wildman–Crippen MR) is 89.1 cm³/mol. The summed E-state index contributed by atoms with van der Waals surface area (Å²) >= 11 is 0. The van der Waals surface area contributed by atoms with Crippen molar-refractivity contribution >= 4 is 17.5 Å². The first-order chi connectivity index (χ1) is 11.7. The highest BCUT2D eigenvalue weighted by atomic mass is 16.5. The van der Waals surface area contributed by atoms with Crippen LogP contribution in [0, 0.1) is 0 Å². The fourth-order valence-corrected chi connectivity index (χ4v) is 2.23. The molecule has 0 fully saturated rings. The molecule has 8 nitrogen and oxygen atoms in total. The average molecular weight is 326 g/mol. The summed E-state index contributed by atoms with van der Waals surface area (Å²) in [6.07, 6.45) is 6.74. The van der Waals surface area contributed by atoms with Gasteiger partial charge >= 0.3 is 6.03 Å². The number of anilines is 1. The quantitative estimate of drug-likeness (QED) is 0.675. The Bertz CT molecular complexity index is 815. The van der Waals surface area contributed by atoms with Gasteiger partial charge in [0.2, 0.25) is 0 Å². The number of rotatable bonds is 6. The number of carbonyl (C=O) groups is 1. The summed E-state index contributed by atoms with van der Waals surface area (Å²) in [6, 6.07) is 6.94. The number of nitrogens with one attached hydrogen (secondary N) is 2. The molecule has 3 rings (SSSR count). The number of benzene rings is 1. The molecule has 2 heterocycles. The molecule has 0 atom stereocenters. The van der Waals surface area contributed by atoms with Crippen molar-refractivity contribution in [2.24, 2.45) is 0 Å². The lowest BCUT2D eigenvalue weighted by atomic mass is 10.2. The van der Waals surface area contributed by atoms with Gasteiger partial charge in [-0.3, -0.25) is 0 Å². The Labute approximate surface area is 138 Å². The van der Waals surface area contributed by atoms with Gasteiger partial charge in [0.05, 0.1) is 7.11 Å². The highest BCUT2D eigenvalue weighted by Gasteiger charge is 2.03. The molecule has 0 aliphatic heterocycles. The van der Waals surface area contributed by atoms with Gasteiger partial charge in [-0.1, -0.05) is 0 Å². The lowest BCUT2D eigenvalue weighted by Crippen LogP contribution is -2.29. The van der Waals surface area contributed by atoms with Gasteiger partial charge < -0.3 is 15.4 Å². The molecule has 0 unspecified atom stereocenters. The van der Waals surface area contributed by atoms with E-state index in [1.54, 1.807) is 42.1 Å². The second-order valence-electron chi connectivity index (χ2n) is 5.18. The fourth-order valence-electron chi connectivity index (χ4n) is 2.23. The highest BCUT2D eigenvalue weighted by Crippen LogP contribution is 2.14. The molecule has 24 heavy (non-hydrogen) atoms. The third-order valence-corrected chi connectivity index (χ3v) is 3.46. The van der Waals surface area contributed by atoms with E-state index in [4.69, 9.17) is 4.74 Å². The minimum atomic E-state index is -0.231. The molecule has 2 N–H and O–H groups in total. The van der Waals surface area contributed by atoms with Crippen molar-refractivity contribution < 1.29 is 9.53 Å². The number of ether oxygens (including phenoxy) is 1. The Morgan fingerprint density at radius 1 is 1.25 bits per heavy atom. The van der Waals surface area contributed by atoms with Crippen LogP contribution in [0.25, 0.3) is 5.78 Å². The molecule has 0 aliphatic rings. The van der Waals surface area contributed by atoms with E-state index >= 15 is 0 Å². The molecule has 124 valence electrons. The van der Waals surface area contributed by atoms with Gasteiger partial charge in [-0.25, -0.2) is 14.3 Å². The summed E-state index contributed by atoms with van der Waals surface area (Å²) in [5, 5.41) is 9.65. The zero-order valence-corrected chi connectivity index (χ0v) is 13.3. The number of amides is 2. The van der Waals surface area contributed by atoms with Gasteiger partial charge in [-0.05, 0) is 42.7 Å². The number of aryl methyl sites for hydroxylation is 1. The van der Waals surface area contributed by atoms with E-state index in [1.165, 1.54) is 6.33 Å². The van der Waals surface area contributed by atoms with Gasteiger partial charge in [-0.15, -0.1) is 0 Å². The number of hydrogen-bond donors (Lipinski definition) is 2. The first-order valence-electron chi connectivity index (χ1n) is 7.58. The lowest BCUT2D eigenvalue weighted by Gasteiger charge is -2.08. The lowest BCUT2D eigenvalue weighted by molar-refractivity contribution is 0.252. The monoisotopic (exact) mass is 326 g/mol. The molecular weight excluding hydrogens is 308 g/mol. The Kier molecular flexibility index (Phi) is 4.85. The summed E-state index contributed by atoms with van der Waals surface area (Å²) in [5.41, 5.74) is 1.76. The molecule has 1 aromatic carbocycles. The Morgan fingerprint density at radius 2 is 2.08 bits per heavy atom. The van der Waals surface area contributed by atoms with Crippen molar-refractivity contribution in [3.8, 4) is 5.75 Å². The van der Waals surface area contributed by atoms with Crippen LogP contribution in [0.15, 0.2) is 43.0 Å². The van der Waals surface area contributed by atoms with Crippen LogP contribution >= 0.6 is 0 Å². The van der Waals surface area contributed by atoms with E-state index < -0.39 is 0 Å². The second kappa shape index (κ2) is 7.40. The Hall–Kier alpha value is -3.16. The molecule has 2 aromatic heterocycles. The van der Waals surface area contributed by atoms with Gasteiger partial charge in [0, 0.05) is 24.6 Å². The van der Waals surface area contributed by atoms with Crippen LogP contribution in [0.2, 0.25) is 0 Å². The van der Waals surface area contributed by atoms with Crippen LogP contribution in [-0.4, -0.2) is 39.3 Å². The zero-order valence-electron chi connectivity index (χ0n) is 13.3. The number of aromatic nitrogens is 4. The third kappa shape index (κ3) is 3.97. The summed E-state index contributed by atoms with van der Waals surface area (Å²) in [6.45, 7) is 0.567. The van der Waals surface area contributed by atoms with Crippen LogP contribution in [-0.2, 0) is 6.42 Å². The molecule has 0 aliphatic carbocycles. The van der Waals surface area contributed by atoms with Crippen LogP contribution in [0.4, 0.5) is 10.5 Å². The van der Waals surface area contributed by atoms with Crippen molar-refractivity contribution in [3.63, 3.8) is 0 Å². The van der Waals surface area contributed by atoms with Crippen LogP contribution in [0.1, 0.15) is 12.0 Å². The molecule has 2 amide bonds. The molecule has 3 aromatic rings. The van der Waals surface area contributed by atoms with Crippen molar-refractivity contribution in [2.75, 3.05) is 19.0 Å². The van der Waals surface area contributed by atoms with Crippen molar-refractivity contribution in [2.45, 2.75) is 12.8 Å². The maximum atomic E-state index is 11.8. The summed E-state index contributed by atoms with van der Waals surface area (Å²) < 4.78 is 6.71. The van der Waals surface area contributed by atoms with Crippen molar-refractivity contribution in [1.29, 1.82) is 0 Å². The topological polar surface area (TPSA) is 93.4 Å². The summed E-state index contributed by atoms with van der Waals surface area (Å²) in [4.78, 5) is 20.0. The largest absolute Gasteiger partial charge is 0.497 e. The molecule has 8 heteroatoms. The standard InChI is InChI=1S/C16H18N6O2/c1-24-14-6-4-13(5-7-14)21-16(23)17-8-2-3-12-9-18-15-19-11-20-22(15)10-12/h4-7,9-11H,2-3,8H2,1H3,(H2,17,21,23). The van der Waals surface area contributed by atoms with E-state index in [1.807, 2.05) is 6.20 Å². The van der Waals surface area contributed by atoms with E-state index in [0.29, 0.717) is 18.0 Å². The number of nitrogens with zero attached hydrogens (tertiary/aromatic N) is 4. The first-order valence-corrected chi connectivity index (χ1v) is 7.58. The predicted octanol–water partition coefficient (Wildman–Crippen LogP) is 1.89. The summed E-state index contributed by atoms with van der Waals surface area (Å²) in [7, 11) is 1.60. The highest BCUT2D eigenvalue weighted by molar-refractivity contribution is 5.89. The van der Waals surface area contributed by atoms with Gasteiger partial charge in [0.1, 0.15) is 12.1 Å². The Morgan fingerprint density at radius 3 is 2.88 bits per heavy atom.